The average Bonchev–Trinajstić information content (AvgIpc) is 3.48. The third-order valence-electron chi connectivity index (χ3n) is 8.67. The predicted octanol–water partition coefficient (Wildman–Crippen LogP) is 3.81. The van der Waals surface area contributed by atoms with E-state index in [4.69, 9.17) is 9.47 Å². The molecule has 1 spiro atoms. The van der Waals surface area contributed by atoms with E-state index in [0.717, 1.165) is 12.8 Å². The second-order valence-corrected chi connectivity index (χ2v) is 11.4. The largest absolute Gasteiger partial charge is 0.465 e. The molecule has 8 heteroatoms. The molecule has 3 saturated heterocycles. The van der Waals surface area contributed by atoms with Crippen molar-refractivity contribution in [3.05, 3.63) is 61.2 Å². The van der Waals surface area contributed by atoms with Crippen molar-refractivity contribution in [2.75, 3.05) is 19.8 Å². The number of nitrogens with zero attached hydrogens (tertiary/aromatic N) is 2. The fourth-order valence-electron chi connectivity index (χ4n) is 6.87. The fourth-order valence-corrected chi connectivity index (χ4v) is 6.87. The number of hydrogen-bond donors (Lipinski definition) is 1. The minimum atomic E-state index is -1.19. The molecule has 1 aromatic rings. The second-order valence-electron chi connectivity index (χ2n) is 11.4. The number of aliphatic hydroxyl groups excluding tert-OH is 1. The van der Waals surface area contributed by atoms with Gasteiger partial charge in [0.2, 0.25) is 11.8 Å². The topological polar surface area (TPSA) is 96.4 Å². The molecule has 8 nitrogen and oxygen atoms in total. The number of ether oxygens (including phenoxy) is 2. The molecular formula is C31H42N2O6. The van der Waals surface area contributed by atoms with Gasteiger partial charge in [-0.3, -0.25) is 14.4 Å². The number of esters is 1. The van der Waals surface area contributed by atoms with Crippen LogP contribution in [0.5, 0.6) is 0 Å². The highest BCUT2D eigenvalue weighted by Gasteiger charge is 2.79. The Morgan fingerprint density at radius 2 is 1.92 bits per heavy atom. The molecule has 0 aliphatic carbocycles. The van der Waals surface area contributed by atoms with Crippen molar-refractivity contribution in [2.45, 2.75) is 82.2 Å². The zero-order valence-corrected chi connectivity index (χ0v) is 23.4. The van der Waals surface area contributed by atoms with Crippen LogP contribution in [0.3, 0.4) is 0 Å². The van der Waals surface area contributed by atoms with Crippen molar-refractivity contribution in [3.8, 4) is 0 Å². The predicted molar refractivity (Wildman–Crippen MR) is 147 cm³/mol. The molecule has 3 heterocycles. The van der Waals surface area contributed by atoms with Crippen molar-refractivity contribution >= 4 is 17.8 Å². The highest BCUT2D eigenvalue weighted by Crippen LogP contribution is 2.64. The molecule has 2 unspecified atom stereocenters. The minimum absolute atomic E-state index is 0.155. The molecule has 1 aromatic carbocycles. The van der Waals surface area contributed by atoms with Crippen LogP contribution in [0.25, 0.3) is 0 Å². The van der Waals surface area contributed by atoms with Crippen LogP contribution in [0.1, 0.15) is 64.5 Å². The zero-order valence-electron chi connectivity index (χ0n) is 23.4. The van der Waals surface area contributed by atoms with Gasteiger partial charge in [-0.25, -0.2) is 0 Å². The van der Waals surface area contributed by atoms with Crippen molar-refractivity contribution in [1.29, 1.82) is 0 Å². The first-order valence-corrected chi connectivity index (χ1v) is 14.0. The molecule has 3 fully saturated rings. The molecule has 212 valence electrons. The number of rotatable bonds is 13. The number of carbonyl (C=O) groups excluding carboxylic acids is 3. The van der Waals surface area contributed by atoms with Gasteiger partial charge in [-0.15, -0.1) is 13.2 Å². The van der Waals surface area contributed by atoms with Gasteiger partial charge < -0.3 is 24.4 Å². The van der Waals surface area contributed by atoms with Crippen LogP contribution < -0.4 is 0 Å². The molecule has 1 N–H and O–H groups in total. The van der Waals surface area contributed by atoms with E-state index in [0.29, 0.717) is 31.4 Å². The van der Waals surface area contributed by atoms with Crippen molar-refractivity contribution in [1.82, 2.24) is 9.80 Å². The highest BCUT2D eigenvalue weighted by atomic mass is 16.6. The first-order chi connectivity index (χ1) is 18.7. The minimum Gasteiger partial charge on any atom is -0.465 e. The summed E-state index contributed by atoms with van der Waals surface area (Å²) in [6.45, 7) is 13.4. The second kappa shape index (κ2) is 11.6. The SMILES string of the molecule is C=CCCCCOC(=O)[C@H]1[C@H]2C(=O)N([C@H](CO)c3ccccc3)C(C(=O)N(CC=C)C(C)C)C23CC[C@]1(C)O3. The summed E-state index contributed by atoms with van der Waals surface area (Å²) in [5, 5.41) is 10.6. The van der Waals surface area contributed by atoms with Crippen LogP contribution in [0.4, 0.5) is 0 Å². The summed E-state index contributed by atoms with van der Waals surface area (Å²) in [7, 11) is 0. The van der Waals surface area contributed by atoms with E-state index in [-0.39, 0.29) is 31.1 Å². The van der Waals surface area contributed by atoms with Gasteiger partial charge in [0, 0.05) is 12.6 Å². The normalized spacial score (nSPS) is 29.8. The van der Waals surface area contributed by atoms with Crippen molar-refractivity contribution in [3.63, 3.8) is 0 Å². The molecule has 2 amide bonds. The van der Waals surface area contributed by atoms with Gasteiger partial charge in [-0.1, -0.05) is 42.5 Å². The molecule has 3 aliphatic heterocycles. The lowest BCUT2D eigenvalue weighted by Gasteiger charge is -2.40. The van der Waals surface area contributed by atoms with E-state index in [1.807, 2.05) is 57.2 Å². The van der Waals surface area contributed by atoms with E-state index >= 15 is 0 Å². The zero-order chi connectivity index (χ0) is 28.4. The smallest absolute Gasteiger partial charge is 0.312 e. The summed E-state index contributed by atoms with van der Waals surface area (Å²) in [4.78, 5) is 45.5. The number of likely N-dealkylation sites (tertiary alicyclic amines) is 1. The third-order valence-corrected chi connectivity index (χ3v) is 8.67. The summed E-state index contributed by atoms with van der Waals surface area (Å²) in [6.07, 6.45) is 6.88. The highest BCUT2D eigenvalue weighted by molar-refractivity contribution is 5.99. The van der Waals surface area contributed by atoms with E-state index in [9.17, 15) is 19.5 Å². The van der Waals surface area contributed by atoms with E-state index in [1.54, 1.807) is 11.0 Å². The van der Waals surface area contributed by atoms with Gasteiger partial charge in [0.15, 0.2) is 0 Å². The third kappa shape index (κ3) is 4.93. The lowest BCUT2D eigenvalue weighted by atomic mass is 9.66. The van der Waals surface area contributed by atoms with Crippen LogP contribution in [0, 0.1) is 11.8 Å². The quantitative estimate of drug-likeness (QED) is 0.233. The van der Waals surface area contributed by atoms with Gasteiger partial charge in [-0.2, -0.15) is 0 Å². The molecule has 2 bridgehead atoms. The van der Waals surface area contributed by atoms with Crippen molar-refractivity contribution < 1.29 is 29.0 Å². The summed E-state index contributed by atoms with van der Waals surface area (Å²) < 4.78 is 12.4. The first kappa shape index (κ1) is 29.0. The van der Waals surface area contributed by atoms with E-state index in [1.165, 1.54) is 4.90 Å². The van der Waals surface area contributed by atoms with Gasteiger partial charge in [-0.05, 0) is 58.4 Å². The standard InChI is InChI=1S/C31H42N2O6/c1-6-8-9-13-19-38-29(37)25-24-27(35)33(23(20-34)22-14-11-10-12-15-22)26(28(36)32(18-7-2)21(3)4)31(24)17-16-30(25,5)39-31/h6-7,10-12,14-15,21,23-26,34H,1-2,8-9,13,16-20H2,3-5H3/t23-,24+,25-,26?,30+,31?/m1/s1. The molecule has 4 rings (SSSR count). The lowest BCUT2D eigenvalue weighted by Crippen LogP contribution is -2.58. The summed E-state index contributed by atoms with van der Waals surface area (Å²) >= 11 is 0. The van der Waals surface area contributed by atoms with E-state index < -0.39 is 41.1 Å². The van der Waals surface area contributed by atoms with Gasteiger partial charge in [0.25, 0.3) is 0 Å². The number of allylic oxidation sites excluding steroid dienone is 1. The molecule has 0 radical (unpaired) electrons. The van der Waals surface area contributed by atoms with Crippen LogP contribution in [-0.4, -0.2) is 75.7 Å². The fraction of sp³-hybridized carbons (Fsp3) is 0.581. The molecule has 39 heavy (non-hydrogen) atoms. The van der Waals surface area contributed by atoms with Crippen LogP contribution >= 0.6 is 0 Å². The maximum Gasteiger partial charge on any atom is 0.312 e. The van der Waals surface area contributed by atoms with Crippen LogP contribution in [-0.2, 0) is 23.9 Å². The first-order valence-electron chi connectivity index (χ1n) is 14.0. The molecule has 3 aliphatic rings. The maximum atomic E-state index is 14.4. The Morgan fingerprint density at radius 3 is 2.54 bits per heavy atom. The van der Waals surface area contributed by atoms with Crippen LogP contribution in [0.2, 0.25) is 0 Å². The molecule has 0 aromatic heterocycles. The maximum absolute atomic E-state index is 14.4. The Labute approximate surface area is 231 Å². The summed E-state index contributed by atoms with van der Waals surface area (Å²) in [5.41, 5.74) is -1.39. The Kier molecular flexibility index (Phi) is 8.66. The molecule has 0 saturated carbocycles. The monoisotopic (exact) mass is 538 g/mol. The number of carbonyl (C=O) groups is 3. The van der Waals surface area contributed by atoms with Crippen molar-refractivity contribution in [2.24, 2.45) is 11.8 Å². The Bertz CT molecular complexity index is 1090. The molecule has 6 atom stereocenters. The Hall–Kier alpha value is -2.97. The summed E-state index contributed by atoms with van der Waals surface area (Å²) in [6, 6.07) is 7.28. The number of hydrogen-bond acceptors (Lipinski definition) is 6. The number of amides is 2. The number of fused-ring (bicyclic) bond motifs is 1. The lowest BCUT2D eigenvalue weighted by molar-refractivity contribution is -0.162. The van der Waals surface area contributed by atoms with Crippen LogP contribution in [0.15, 0.2) is 55.6 Å². The van der Waals surface area contributed by atoms with E-state index in [2.05, 4.69) is 13.2 Å². The van der Waals surface area contributed by atoms with Gasteiger partial charge >= 0.3 is 5.97 Å². The Balaban J connectivity index is 1.76. The van der Waals surface area contributed by atoms with Gasteiger partial charge in [0.05, 0.1) is 30.8 Å². The Morgan fingerprint density at radius 1 is 1.21 bits per heavy atom. The number of benzene rings is 1. The van der Waals surface area contributed by atoms with Gasteiger partial charge in [0.1, 0.15) is 17.6 Å². The summed E-state index contributed by atoms with van der Waals surface area (Å²) in [5.74, 6) is -2.79. The number of unbranched alkanes of at least 4 members (excludes halogenated alkanes) is 2. The molecular weight excluding hydrogens is 496 g/mol. The average molecular weight is 539 g/mol. The number of aliphatic hydroxyl groups is 1.